The van der Waals surface area contributed by atoms with Crippen molar-refractivity contribution in [3.05, 3.63) is 100 Å². The summed E-state index contributed by atoms with van der Waals surface area (Å²) in [5.74, 6) is -0.161. The van der Waals surface area contributed by atoms with E-state index in [4.69, 9.17) is 4.74 Å². The van der Waals surface area contributed by atoms with Crippen molar-refractivity contribution in [3.63, 3.8) is 0 Å². The van der Waals surface area contributed by atoms with Gasteiger partial charge >= 0.3 is 0 Å². The van der Waals surface area contributed by atoms with Crippen LogP contribution in [0.15, 0.2) is 66.7 Å². The van der Waals surface area contributed by atoms with Gasteiger partial charge in [-0.05, 0) is 85.3 Å². The number of halogens is 1. The number of carbonyl (C=O) groups is 2. The van der Waals surface area contributed by atoms with E-state index in [1.54, 1.807) is 42.3 Å². The van der Waals surface area contributed by atoms with Crippen molar-refractivity contribution in [1.29, 1.82) is 0 Å². The number of amides is 2. The first-order valence-corrected chi connectivity index (χ1v) is 14.2. The molecule has 0 heterocycles. The zero-order chi connectivity index (χ0) is 29.8. The Labute approximate surface area is 242 Å². The van der Waals surface area contributed by atoms with E-state index < -0.39 is 18.1 Å². The summed E-state index contributed by atoms with van der Waals surface area (Å²) in [6.07, 6.45) is 0.944. The number of aliphatic hydroxyl groups is 1. The third-order valence-electron chi connectivity index (χ3n) is 6.80. The molecule has 0 aliphatic carbocycles. The quantitative estimate of drug-likeness (QED) is 0.245. The second-order valence-corrected chi connectivity index (χ2v) is 10.3. The lowest BCUT2D eigenvalue weighted by molar-refractivity contribution is 0.0755. The van der Waals surface area contributed by atoms with Gasteiger partial charge in [-0.2, -0.15) is 0 Å². The maximum atomic E-state index is 13.9. The lowest BCUT2D eigenvalue weighted by Crippen LogP contribution is -2.48. The smallest absolute Gasteiger partial charge is 0.253 e. The van der Waals surface area contributed by atoms with Crippen LogP contribution in [0.5, 0.6) is 5.75 Å². The van der Waals surface area contributed by atoms with Gasteiger partial charge < -0.3 is 25.4 Å². The van der Waals surface area contributed by atoms with Crippen molar-refractivity contribution < 1.29 is 23.8 Å². The summed E-state index contributed by atoms with van der Waals surface area (Å²) in [6.45, 7) is 7.88. The molecule has 0 aliphatic rings. The van der Waals surface area contributed by atoms with E-state index in [0.29, 0.717) is 36.3 Å². The van der Waals surface area contributed by atoms with E-state index in [0.717, 1.165) is 29.7 Å². The van der Waals surface area contributed by atoms with Crippen molar-refractivity contribution >= 4 is 11.8 Å². The first-order valence-electron chi connectivity index (χ1n) is 14.2. The van der Waals surface area contributed by atoms with Crippen molar-refractivity contribution in [1.82, 2.24) is 15.5 Å². The van der Waals surface area contributed by atoms with Gasteiger partial charge in [-0.15, -0.1) is 0 Å². The Morgan fingerprint density at radius 1 is 0.951 bits per heavy atom. The summed E-state index contributed by atoms with van der Waals surface area (Å²) in [7, 11) is 1.61. The van der Waals surface area contributed by atoms with Crippen molar-refractivity contribution in [2.75, 3.05) is 26.7 Å². The van der Waals surface area contributed by atoms with Crippen LogP contribution in [0.25, 0.3) is 0 Å². The highest BCUT2D eigenvalue weighted by Crippen LogP contribution is 2.16. The third kappa shape index (κ3) is 9.69. The molecule has 2 atom stereocenters. The lowest BCUT2D eigenvalue weighted by Gasteiger charge is -2.25. The number of methoxy groups -OCH3 is 1. The molecule has 7 nitrogen and oxygen atoms in total. The summed E-state index contributed by atoms with van der Waals surface area (Å²) < 4.78 is 19.2. The number of benzene rings is 3. The minimum atomic E-state index is -0.969. The maximum Gasteiger partial charge on any atom is 0.253 e. The number of aliphatic hydroxyl groups excluding tert-OH is 1. The summed E-state index contributed by atoms with van der Waals surface area (Å²) in [6, 6.07) is 18.1. The molecule has 0 radical (unpaired) electrons. The Bertz CT molecular complexity index is 1290. The molecule has 3 N–H and O–H groups in total. The number of nitrogens with one attached hydrogen (secondary N) is 2. The Kier molecular flexibility index (Phi) is 12.3. The second-order valence-electron chi connectivity index (χ2n) is 10.3. The zero-order valence-corrected chi connectivity index (χ0v) is 24.5. The van der Waals surface area contributed by atoms with Gasteiger partial charge in [-0.25, -0.2) is 4.39 Å². The largest absolute Gasteiger partial charge is 0.497 e. The second kappa shape index (κ2) is 15.9. The van der Waals surface area contributed by atoms with Crippen LogP contribution < -0.4 is 15.4 Å². The van der Waals surface area contributed by atoms with Crippen molar-refractivity contribution in [2.24, 2.45) is 0 Å². The number of aryl methyl sites for hydroxylation is 1. The summed E-state index contributed by atoms with van der Waals surface area (Å²) in [5.41, 5.74) is 3.22. The molecule has 0 bridgehead atoms. The SMILES string of the molecule is CCCN(CCC)C(=O)c1cc(C)cc(C(=O)N[C@@H](Cc2cccc(F)c2)[C@H](O)CNCc2cccc(OC)c2)c1. The monoisotopic (exact) mass is 563 g/mol. The van der Waals surface area contributed by atoms with Crippen LogP contribution in [-0.2, 0) is 13.0 Å². The molecule has 8 heteroatoms. The van der Waals surface area contributed by atoms with E-state index in [-0.39, 0.29) is 24.7 Å². The molecule has 41 heavy (non-hydrogen) atoms. The van der Waals surface area contributed by atoms with Crippen molar-refractivity contribution in [3.8, 4) is 5.75 Å². The highest BCUT2D eigenvalue weighted by Gasteiger charge is 2.24. The highest BCUT2D eigenvalue weighted by molar-refractivity contribution is 6.00. The van der Waals surface area contributed by atoms with E-state index in [2.05, 4.69) is 10.6 Å². The molecular formula is C33H42FN3O4. The van der Waals surface area contributed by atoms with E-state index in [1.165, 1.54) is 12.1 Å². The molecule has 0 saturated heterocycles. The van der Waals surface area contributed by atoms with Gasteiger partial charge in [0.15, 0.2) is 0 Å². The van der Waals surface area contributed by atoms with E-state index >= 15 is 0 Å². The van der Waals surface area contributed by atoms with Gasteiger partial charge in [0.2, 0.25) is 0 Å². The Hall–Kier alpha value is -3.75. The Balaban J connectivity index is 1.77. The number of carbonyl (C=O) groups excluding carboxylic acids is 2. The molecule has 220 valence electrons. The number of hydrogen-bond donors (Lipinski definition) is 3. The van der Waals surface area contributed by atoms with E-state index in [9.17, 15) is 19.1 Å². The normalized spacial score (nSPS) is 12.4. The predicted octanol–water partition coefficient (Wildman–Crippen LogP) is 4.90. The van der Waals surface area contributed by atoms with Crippen LogP contribution >= 0.6 is 0 Å². The van der Waals surface area contributed by atoms with Crippen LogP contribution in [0.2, 0.25) is 0 Å². The van der Waals surface area contributed by atoms with Crippen LogP contribution in [0.3, 0.4) is 0 Å². The average Bonchev–Trinajstić information content (AvgIpc) is 2.96. The molecule has 0 unspecified atom stereocenters. The highest BCUT2D eigenvalue weighted by atomic mass is 19.1. The topological polar surface area (TPSA) is 90.9 Å². The van der Waals surface area contributed by atoms with Crippen LogP contribution in [-0.4, -0.2) is 60.7 Å². The molecule has 0 aromatic heterocycles. The maximum absolute atomic E-state index is 13.9. The number of hydrogen-bond acceptors (Lipinski definition) is 5. The predicted molar refractivity (Wildman–Crippen MR) is 160 cm³/mol. The molecule has 3 aromatic carbocycles. The molecule has 3 aromatic rings. The average molecular weight is 564 g/mol. The Morgan fingerprint density at radius 2 is 1.63 bits per heavy atom. The number of rotatable bonds is 15. The molecule has 0 saturated carbocycles. The standard InChI is InChI=1S/C33H42FN3O4/c1-5-13-37(14-6-2)33(40)27-16-23(3)15-26(20-27)32(39)36-30(19-24-9-7-11-28(34)17-24)31(38)22-35-21-25-10-8-12-29(18-25)41-4/h7-12,15-18,20,30-31,35,38H,5-6,13-14,19,21-22H2,1-4H3,(H,36,39)/t30-,31+/m0/s1. The van der Waals surface area contributed by atoms with E-state index in [1.807, 2.05) is 45.0 Å². The van der Waals surface area contributed by atoms with Gasteiger partial charge in [0.1, 0.15) is 11.6 Å². The summed E-state index contributed by atoms with van der Waals surface area (Å²) in [5, 5.41) is 17.3. The fourth-order valence-corrected chi connectivity index (χ4v) is 4.82. The van der Waals surface area contributed by atoms with Gasteiger partial charge in [0.25, 0.3) is 11.8 Å². The molecular weight excluding hydrogens is 521 g/mol. The van der Waals surface area contributed by atoms with Gasteiger partial charge in [-0.3, -0.25) is 9.59 Å². The molecule has 2 amide bonds. The van der Waals surface area contributed by atoms with Gasteiger partial charge in [0.05, 0.1) is 19.3 Å². The zero-order valence-electron chi connectivity index (χ0n) is 24.5. The van der Waals surface area contributed by atoms with Crippen LogP contribution in [0, 0.1) is 12.7 Å². The van der Waals surface area contributed by atoms with Crippen LogP contribution in [0.4, 0.5) is 4.39 Å². The molecule has 0 aliphatic heterocycles. The minimum absolute atomic E-state index is 0.107. The minimum Gasteiger partial charge on any atom is -0.497 e. The number of nitrogens with zero attached hydrogens (tertiary/aromatic N) is 1. The van der Waals surface area contributed by atoms with Crippen molar-refractivity contribution in [2.45, 2.75) is 58.7 Å². The summed E-state index contributed by atoms with van der Waals surface area (Å²) in [4.78, 5) is 28.5. The molecule has 3 rings (SSSR count). The first kappa shape index (κ1) is 31.8. The summed E-state index contributed by atoms with van der Waals surface area (Å²) >= 11 is 0. The first-order chi connectivity index (χ1) is 19.7. The lowest BCUT2D eigenvalue weighted by atomic mass is 9.99. The van der Waals surface area contributed by atoms with Gasteiger partial charge in [-0.1, -0.05) is 38.1 Å². The number of ether oxygens (including phenoxy) is 1. The third-order valence-corrected chi connectivity index (χ3v) is 6.80. The molecule has 0 spiro atoms. The fourth-order valence-electron chi connectivity index (χ4n) is 4.82. The Morgan fingerprint density at radius 3 is 2.32 bits per heavy atom. The van der Waals surface area contributed by atoms with Gasteiger partial charge in [0, 0.05) is 37.3 Å². The fraction of sp³-hybridized carbons (Fsp3) is 0.394. The van der Waals surface area contributed by atoms with Crippen LogP contribution in [0.1, 0.15) is 64.1 Å². The molecule has 0 fully saturated rings.